The number of hydrogen-bond acceptors (Lipinski definition) is 5. The third-order valence-corrected chi connectivity index (χ3v) is 4.25. The predicted octanol–water partition coefficient (Wildman–Crippen LogP) is 3.83. The van der Waals surface area contributed by atoms with Crippen LogP contribution in [0.25, 0.3) is 0 Å². The van der Waals surface area contributed by atoms with Crippen LogP contribution < -0.4 is 10.5 Å². The van der Waals surface area contributed by atoms with E-state index in [4.69, 9.17) is 31.4 Å². The number of nitrogen functional groups attached to an aromatic ring is 1. The van der Waals surface area contributed by atoms with E-state index in [1.807, 2.05) is 19.1 Å². The summed E-state index contributed by atoms with van der Waals surface area (Å²) >= 11 is 5.57. The Bertz CT molecular complexity index is 822. The number of anilines is 1. The monoisotopic (exact) mass is 413 g/mol. The molecule has 27 heavy (non-hydrogen) atoms. The molecule has 2 aromatic rings. The first kappa shape index (κ1) is 23.0. The molecule has 0 aromatic heterocycles. The number of aryl methyl sites for hydroxylation is 1. The molecule has 0 heterocycles. The summed E-state index contributed by atoms with van der Waals surface area (Å²) in [6.07, 6.45) is 1.70. The highest BCUT2D eigenvalue weighted by Crippen LogP contribution is 2.22. The summed E-state index contributed by atoms with van der Waals surface area (Å²) in [5, 5.41) is 0. The zero-order valence-electron chi connectivity index (χ0n) is 15.1. The first-order chi connectivity index (χ1) is 12.8. The second-order valence-electron chi connectivity index (χ2n) is 5.50. The average molecular weight is 414 g/mol. The Hall–Kier alpha value is -2.06. The molecule has 8 heteroatoms. The molecule has 148 valence electrons. The van der Waals surface area contributed by atoms with E-state index in [9.17, 15) is 8.42 Å². The fraction of sp³-hybridized carbons (Fsp3) is 0.263. The van der Waals surface area contributed by atoms with Gasteiger partial charge in [-0.25, -0.2) is 0 Å². The Morgan fingerprint density at radius 3 is 2.44 bits per heavy atom. The number of ether oxygens (including phenoxy) is 2. The maximum Gasteiger partial charge on any atom is 0.294 e. The lowest BCUT2D eigenvalue weighted by Gasteiger charge is -2.11. The predicted molar refractivity (Wildman–Crippen MR) is 108 cm³/mol. The van der Waals surface area contributed by atoms with Crippen molar-refractivity contribution in [3.63, 3.8) is 0 Å². The molecule has 3 N–H and O–H groups in total. The summed E-state index contributed by atoms with van der Waals surface area (Å²) in [7, 11) is -4.02. The molecule has 0 aliphatic heterocycles. The van der Waals surface area contributed by atoms with Gasteiger partial charge in [-0.1, -0.05) is 23.8 Å². The lowest BCUT2D eigenvalue weighted by Crippen LogP contribution is -2.03. The Balaban J connectivity index is 0.000000289. The topological polar surface area (TPSA) is 98.9 Å². The normalized spacial score (nSPS) is 10.6. The van der Waals surface area contributed by atoms with Gasteiger partial charge in [-0.3, -0.25) is 4.55 Å². The molecular formula is C19H24ClNO5S. The Labute approximate surface area is 165 Å². The standard InChI is InChI=1S/C12H16ClNO2.C7H8O3S/c1-2-6-15-9-10-8-11(14)3-4-12(10)16-7-5-13;1-6-2-4-7(5-3-6)11(8,9)10/h2-4,8H,1,5-7,9,14H2;2-5H,1H3,(H,8,9,10). The van der Waals surface area contributed by atoms with Crippen molar-refractivity contribution in [3.05, 3.63) is 66.2 Å². The molecule has 0 spiro atoms. The number of hydrogen-bond donors (Lipinski definition) is 2. The van der Waals surface area contributed by atoms with Crippen molar-refractivity contribution in [2.75, 3.05) is 24.8 Å². The largest absolute Gasteiger partial charge is 0.492 e. The van der Waals surface area contributed by atoms with Gasteiger partial charge in [-0.05, 0) is 37.3 Å². The smallest absolute Gasteiger partial charge is 0.294 e. The van der Waals surface area contributed by atoms with Crippen molar-refractivity contribution in [1.82, 2.24) is 0 Å². The number of alkyl halides is 1. The molecule has 0 amide bonds. The van der Waals surface area contributed by atoms with Gasteiger partial charge in [0.05, 0.1) is 24.0 Å². The molecule has 0 unspecified atom stereocenters. The van der Waals surface area contributed by atoms with Crippen LogP contribution in [-0.4, -0.2) is 32.1 Å². The number of nitrogens with two attached hydrogens (primary N) is 1. The molecule has 2 rings (SSSR count). The van der Waals surface area contributed by atoms with Crippen LogP contribution in [0.1, 0.15) is 11.1 Å². The van der Waals surface area contributed by atoms with Crippen LogP contribution in [0.3, 0.4) is 0 Å². The highest BCUT2D eigenvalue weighted by molar-refractivity contribution is 7.85. The van der Waals surface area contributed by atoms with Crippen LogP contribution in [0.4, 0.5) is 5.69 Å². The van der Waals surface area contributed by atoms with Crippen LogP contribution in [0.5, 0.6) is 5.75 Å². The molecular weight excluding hydrogens is 390 g/mol. The van der Waals surface area contributed by atoms with E-state index in [0.29, 0.717) is 31.4 Å². The van der Waals surface area contributed by atoms with E-state index >= 15 is 0 Å². The lowest BCUT2D eigenvalue weighted by atomic mass is 10.2. The van der Waals surface area contributed by atoms with E-state index in [-0.39, 0.29) is 4.90 Å². The van der Waals surface area contributed by atoms with Gasteiger partial charge in [0, 0.05) is 11.3 Å². The molecule has 2 aromatic carbocycles. The van der Waals surface area contributed by atoms with Crippen molar-refractivity contribution in [1.29, 1.82) is 0 Å². The summed E-state index contributed by atoms with van der Waals surface area (Å²) in [6, 6.07) is 11.4. The minimum Gasteiger partial charge on any atom is -0.492 e. The average Bonchev–Trinajstić information content (AvgIpc) is 2.61. The summed E-state index contributed by atoms with van der Waals surface area (Å²) in [5.41, 5.74) is 8.27. The second-order valence-corrected chi connectivity index (χ2v) is 7.30. The molecule has 0 radical (unpaired) electrons. The molecule has 0 fully saturated rings. The van der Waals surface area contributed by atoms with Gasteiger partial charge in [-0.15, -0.1) is 18.2 Å². The van der Waals surface area contributed by atoms with Crippen LogP contribution in [0, 0.1) is 6.92 Å². The first-order valence-electron chi connectivity index (χ1n) is 8.08. The fourth-order valence-corrected chi connectivity index (χ4v) is 2.52. The molecule has 6 nitrogen and oxygen atoms in total. The van der Waals surface area contributed by atoms with Gasteiger partial charge in [0.15, 0.2) is 0 Å². The Morgan fingerprint density at radius 2 is 1.89 bits per heavy atom. The van der Waals surface area contributed by atoms with E-state index < -0.39 is 10.1 Å². The van der Waals surface area contributed by atoms with Crippen LogP contribution in [0.2, 0.25) is 0 Å². The SMILES string of the molecule is C=CCOCc1cc(N)ccc1OCCCl.Cc1ccc(S(=O)(=O)O)cc1. The van der Waals surface area contributed by atoms with Gasteiger partial charge >= 0.3 is 0 Å². The minimum atomic E-state index is -4.02. The van der Waals surface area contributed by atoms with Crippen LogP contribution in [0.15, 0.2) is 60.0 Å². The number of rotatable bonds is 8. The van der Waals surface area contributed by atoms with Crippen molar-refractivity contribution >= 4 is 27.4 Å². The van der Waals surface area contributed by atoms with Crippen LogP contribution >= 0.6 is 11.6 Å². The van der Waals surface area contributed by atoms with Crippen molar-refractivity contribution in [2.45, 2.75) is 18.4 Å². The summed E-state index contributed by atoms with van der Waals surface area (Å²) < 4.78 is 40.4. The number of halogens is 1. The Kier molecular flexibility index (Phi) is 9.88. The summed E-state index contributed by atoms with van der Waals surface area (Å²) in [4.78, 5) is -0.0666. The molecule has 0 aliphatic carbocycles. The van der Waals surface area contributed by atoms with Crippen molar-refractivity contribution in [3.8, 4) is 5.75 Å². The van der Waals surface area contributed by atoms with E-state index in [2.05, 4.69) is 6.58 Å². The van der Waals surface area contributed by atoms with Gasteiger partial charge < -0.3 is 15.2 Å². The van der Waals surface area contributed by atoms with Gasteiger partial charge in [0.2, 0.25) is 0 Å². The first-order valence-corrected chi connectivity index (χ1v) is 10.1. The van der Waals surface area contributed by atoms with Crippen molar-refractivity contribution in [2.24, 2.45) is 0 Å². The van der Waals surface area contributed by atoms with Gasteiger partial charge in [-0.2, -0.15) is 8.42 Å². The van der Waals surface area contributed by atoms with E-state index in [1.165, 1.54) is 12.1 Å². The number of benzene rings is 2. The third-order valence-electron chi connectivity index (χ3n) is 3.23. The van der Waals surface area contributed by atoms with E-state index in [1.54, 1.807) is 24.3 Å². The van der Waals surface area contributed by atoms with Crippen LogP contribution in [-0.2, 0) is 21.5 Å². The molecule has 0 saturated carbocycles. The third kappa shape index (κ3) is 8.92. The second kappa shape index (κ2) is 11.6. The lowest BCUT2D eigenvalue weighted by molar-refractivity contribution is 0.145. The highest BCUT2D eigenvalue weighted by atomic mass is 35.5. The molecule has 0 atom stereocenters. The zero-order valence-corrected chi connectivity index (χ0v) is 16.7. The van der Waals surface area contributed by atoms with Crippen molar-refractivity contribution < 1.29 is 22.4 Å². The quantitative estimate of drug-likeness (QED) is 0.224. The summed E-state index contributed by atoms with van der Waals surface area (Å²) in [5.74, 6) is 1.22. The van der Waals surface area contributed by atoms with Gasteiger partial charge in [0.1, 0.15) is 12.4 Å². The summed E-state index contributed by atoms with van der Waals surface area (Å²) in [6.45, 7) is 6.85. The zero-order chi connectivity index (χ0) is 20.3. The molecule has 0 aliphatic rings. The maximum absolute atomic E-state index is 10.5. The minimum absolute atomic E-state index is 0.0666. The van der Waals surface area contributed by atoms with Gasteiger partial charge in [0.25, 0.3) is 10.1 Å². The maximum atomic E-state index is 10.5. The Morgan fingerprint density at radius 1 is 1.22 bits per heavy atom. The highest BCUT2D eigenvalue weighted by Gasteiger charge is 2.07. The van der Waals surface area contributed by atoms with E-state index in [0.717, 1.165) is 16.9 Å². The molecule has 0 bridgehead atoms. The molecule has 0 saturated heterocycles. The fourth-order valence-electron chi connectivity index (χ4n) is 1.96.